The number of thiazole rings is 1. The van der Waals surface area contributed by atoms with Crippen molar-refractivity contribution >= 4 is 40.4 Å². The number of hydrogen-bond acceptors (Lipinski definition) is 5. The number of nitrogens with two attached hydrogens (primary N) is 1. The predicted octanol–water partition coefficient (Wildman–Crippen LogP) is 0.283. The summed E-state index contributed by atoms with van der Waals surface area (Å²) in [5.41, 5.74) is 5.75. The summed E-state index contributed by atoms with van der Waals surface area (Å²) in [5.74, 6) is -1.66. The number of dihydropyridines is 1. The second kappa shape index (κ2) is 6.20. The van der Waals surface area contributed by atoms with Gasteiger partial charge in [-0.1, -0.05) is 6.08 Å². The van der Waals surface area contributed by atoms with Crippen LogP contribution in [0.4, 0.5) is 5.13 Å². The predicted molar refractivity (Wildman–Crippen MR) is 74.4 cm³/mol. The smallest absolute Gasteiger partial charge is 0.269 e. The zero-order chi connectivity index (χ0) is 14.5. The molecule has 2 rings (SSSR count). The van der Waals surface area contributed by atoms with E-state index in [1.807, 2.05) is 0 Å². The first-order chi connectivity index (χ1) is 9.54. The molecule has 0 saturated carbocycles. The van der Waals surface area contributed by atoms with Crippen LogP contribution in [0.2, 0.25) is 0 Å². The molecule has 0 aromatic carbocycles. The summed E-state index contributed by atoms with van der Waals surface area (Å²) in [6, 6.07) is 0. The van der Waals surface area contributed by atoms with Gasteiger partial charge in [0.25, 0.3) is 5.91 Å². The Balaban J connectivity index is 1.91. The van der Waals surface area contributed by atoms with Gasteiger partial charge in [-0.05, 0) is 6.42 Å². The van der Waals surface area contributed by atoms with Gasteiger partial charge in [-0.3, -0.25) is 14.4 Å². The maximum absolute atomic E-state index is 11.9. The van der Waals surface area contributed by atoms with Crippen molar-refractivity contribution in [3.63, 3.8) is 0 Å². The van der Waals surface area contributed by atoms with Crippen molar-refractivity contribution in [2.45, 2.75) is 12.8 Å². The highest BCUT2D eigenvalue weighted by atomic mass is 32.1. The topological polar surface area (TPSA) is 115 Å². The van der Waals surface area contributed by atoms with Gasteiger partial charge >= 0.3 is 0 Å². The van der Waals surface area contributed by atoms with Gasteiger partial charge in [0.2, 0.25) is 11.8 Å². The fourth-order valence-corrected chi connectivity index (χ4v) is 2.25. The molecular weight excluding hydrogens is 280 g/mol. The number of hydrogen-bond donors (Lipinski definition) is 2. The Kier molecular flexibility index (Phi) is 4.36. The lowest BCUT2D eigenvalue weighted by Gasteiger charge is -2.08. The third kappa shape index (κ3) is 3.82. The molecular formula is C12H12N4O3S. The average molecular weight is 292 g/mol. The van der Waals surface area contributed by atoms with Crippen LogP contribution in [-0.2, 0) is 20.8 Å². The molecule has 1 aliphatic rings. The van der Waals surface area contributed by atoms with E-state index in [4.69, 9.17) is 5.73 Å². The van der Waals surface area contributed by atoms with Gasteiger partial charge in [-0.2, -0.15) is 0 Å². The minimum atomic E-state index is -0.578. The normalized spacial score (nSPS) is 17.2. The molecule has 104 valence electrons. The maximum atomic E-state index is 11.9. The Morgan fingerprint density at radius 1 is 1.45 bits per heavy atom. The van der Waals surface area contributed by atoms with Gasteiger partial charge < -0.3 is 11.1 Å². The second-order valence-electron chi connectivity index (χ2n) is 4.10. The first-order valence-corrected chi connectivity index (χ1v) is 6.72. The van der Waals surface area contributed by atoms with Crippen LogP contribution >= 0.6 is 11.3 Å². The fourth-order valence-electron chi connectivity index (χ4n) is 1.51. The highest BCUT2D eigenvalue weighted by Gasteiger charge is 2.18. The minimum Gasteiger partial charge on any atom is -0.370 e. The van der Waals surface area contributed by atoms with E-state index in [9.17, 15) is 14.4 Å². The minimum absolute atomic E-state index is 0.219. The number of aliphatic imine (C=N–C) groups is 1. The quantitative estimate of drug-likeness (QED) is 0.811. The van der Waals surface area contributed by atoms with Crippen molar-refractivity contribution in [2.75, 3.05) is 5.32 Å². The number of aromatic nitrogens is 1. The molecule has 1 atom stereocenters. The zero-order valence-corrected chi connectivity index (χ0v) is 11.2. The number of primary amides is 1. The van der Waals surface area contributed by atoms with Crippen molar-refractivity contribution in [3.05, 3.63) is 23.2 Å². The summed E-state index contributed by atoms with van der Waals surface area (Å²) < 4.78 is 0. The summed E-state index contributed by atoms with van der Waals surface area (Å²) in [4.78, 5) is 41.1. The molecule has 0 saturated heterocycles. The van der Waals surface area contributed by atoms with Crippen molar-refractivity contribution in [2.24, 2.45) is 16.6 Å². The van der Waals surface area contributed by atoms with Crippen LogP contribution < -0.4 is 11.1 Å². The number of aryl methyl sites for hydroxylation is 1. The molecule has 8 heteroatoms. The van der Waals surface area contributed by atoms with Crippen LogP contribution in [0.3, 0.4) is 0 Å². The Morgan fingerprint density at radius 3 is 2.90 bits per heavy atom. The molecule has 1 aromatic rings. The third-order valence-electron chi connectivity index (χ3n) is 2.52. The van der Waals surface area contributed by atoms with Crippen molar-refractivity contribution < 1.29 is 14.4 Å². The van der Waals surface area contributed by atoms with Crippen molar-refractivity contribution in [1.29, 1.82) is 0 Å². The van der Waals surface area contributed by atoms with E-state index in [1.54, 1.807) is 5.38 Å². The van der Waals surface area contributed by atoms with Gasteiger partial charge in [0.1, 0.15) is 0 Å². The molecule has 3 N–H and O–H groups in total. The Bertz CT molecular complexity index is 590. The number of anilines is 1. The third-order valence-corrected chi connectivity index (χ3v) is 3.33. The van der Waals surface area contributed by atoms with Crippen LogP contribution in [0.25, 0.3) is 0 Å². The van der Waals surface area contributed by atoms with E-state index in [-0.39, 0.29) is 18.2 Å². The summed E-state index contributed by atoms with van der Waals surface area (Å²) in [7, 11) is 0. The summed E-state index contributed by atoms with van der Waals surface area (Å²) in [6.07, 6.45) is 4.69. The molecule has 0 fully saturated rings. The van der Waals surface area contributed by atoms with Crippen LogP contribution in [0.1, 0.15) is 12.1 Å². The van der Waals surface area contributed by atoms with Gasteiger partial charge in [-0.25, -0.2) is 9.98 Å². The number of nitrogens with zero attached hydrogens (tertiary/aromatic N) is 2. The second-order valence-corrected chi connectivity index (χ2v) is 4.96. The first kappa shape index (κ1) is 14.1. The number of carbonyl (C=O) groups excluding carboxylic acids is 3. The van der Waals surface area contributed by atoms with E-state index < -0.39 is 11.8 Å². The number of nitrogens with one attached hydrogen (secondary N) is 1. The molecule has 0 spiro atoms. The van der Waals surface area contributed by atoms with Crippen molar-refractivity contribution in [1.82, 2.24) is 4.98 Å². The van der Waals surface area contributed by atoms with Crippen LogP contribution in [0, 0.1) is 5.92 Å². The van der Waals surface area contributed by atoms with Gasteiger partial charge in [0.15, 0.2) is 5.13 Å². The standard InChI is InChI=1S/C12H12N4O3S/c13-9(17)3-2-8-6-20-12(15-8)16-11(19)7-1-4-10(18)14-5-7/h1,4-7H,2-3H2,(H2,13,17)(H,15,16,19). The lowest BCUT2D eigenvalue weighted by Crippen LogP contribution is -2.24. The number of carbonyl (C=O) groups is 3. The fraction of sp³-hybridized carbons (Fsp3) is 0.250. The van der Waals surface area contributed by atoms with Crippen LogP contribution in [0.5, 0.6) is 0 Å². The molecule has 1 aromatic heterocycles. The number of amides is 3. The largest absolute Gasteiger partial charge is 0.370 e. The van der Waals surface area contributed by atoms with Crippen molar-refractivity contribution in [3.8, 4) is 0 Å². The van der Waals surface area contributed by atoms with E-state index in [2.05, 4.69) is 15.3 Å². The summed E-state index contributed by atoms with van der Waals surface area (Å²) in [5, 5.41) is 4.83. The molecule has 20 heavy (non-hydrogen) atoms. The Hall–Kier alpha value is -2.35. The average Bonchev–Trinajstić information content (AvgIpc) is 2.84. The highest BCUT2D eigenvalue weighted by molar-refractivity contribution is 7.13. The van der Waals surface area contributed by atoms with E-state index >= 15 is 0 Å². The summed E-state index contributed by atoms with van der Waals surface area (Å²) in [6.45, 7) is 0. The van der Waals surface area contributed by atoms with Crippen LogP contribution in [0.15, 0.2) is 22.5 Å². The molecule has 3 amide bonds. The number of rotatable bonds is 5. The lowest BCUT2D eigenvalue weighted by molar-refractivity contribution is -0.118. The monoisotopic (exact) mass is 292 g/mol. The first-order valence-electron chi connectivity index (χ1n) is 5.84. The lowest BCUT2D eigenvalue weighted by atomic mass is 10.1. The van der Waals surface area contributed by atoms with Gasteiger partial charge in [0.05, 0.1) is 11.6 Å². The summed E-state index contributed by atoms with van der Waals surface area (Å²) >= 11 is 1.26. The Labute approximate surface area is 118 Å². The van der Waals surface area contributed by atoms with E-state index in [1.165, 1.54) is 29.7 Å². The molecule has 7 nitrogen and oxygen atoms in total. The SMILES string of the molecule is NC(=O)CCc1csc(NC(=O)C2C=CC(=O)N=C2)n1. The molecule has 2 heterocycles. The highest BCUT2D eigenvalue weighted by Crippen LogP contribution is 2.17. The molecule has 1 aliphatic heterocycles. The van der Waals surface area contributed by atoms with E-state index in [0.29, 0.717) is 17.2 Å². The molecule has 1 unspecified atom stereocenters. The van der Waals surface area contributed by atoms with Crippen LogP contribution in [-0.4, -0.2) is 28.9 Å². The zero-order valence-electron chi connectivity index (χ0n) is 10.4. The maximum Gasteiger partial charge on any atom is 0.269 e. The molecule has 0 radical (unpaired) electrons. The molecule has 0 aliphatic carbocycles. The van der Waals surface area contributed by atoms with Gasteiger partial charge in [0, 0.05) is 24.1 Å². The Morgan fingerprint density at radius 2 is 2.25 bits per heavy atom. The molecule has 0 bridgehead atoms. The van der Waals surface area contributed by atoms with E-state index in [0.717, 1.165) is 0 Å². The van der Waals surface area contributed by atoms with Gasteiger partial charge in [-0.15, -0.1) is 11.3 Å².